The third-order valence-electron chi connectivity index (χ3n) is 4.59. The van der Waals surface area contributed by atoms with Crippen LogP contribution in [0.3, 0.4) is 0 Å². The number of urea groups is 1. The van der Waals surface area contributed by atoms with Crippen molar-refractivity contribution >= 4 is 12.0 Å². The smallest absolute Gasteiger partial charge is 0.328 e. The lowest BCUT2D eigenvalue weighted by atomic mass is 10.1. The van der Waals surface area contributed by atoms with Crippen LogP contribution in [0.25, 0.3) is 0 Å². The van der Waals surface area contributed by atoms with Gasteiger partial charge in [-0.05, 0) is 11.1 Å². The van der Waals surface area contributed by atoms with Crippen LogP contribution in [-0.4, -0.2) is 49.7 Å². The van der Waals surface area contributed by atoms with E-state index in [1.165, 1.54) is 7.11 Å². The van der Waals surface area contributed by atoms with Crippen molar-refractivity contribution in [2.45, 2.75) is 18.6 Å². The molecule has 6 heteroatoms. The molecule has 2 amide bonds. The van der Waals surface area contributed by atoms with E-state index in [0.29, 0.717) is 26.1 Å². The second-order valence-corrected chi connectivity index (χ2v) is 6.43. The maximum atomic E-state index is 12.7. The molecule has 1 saturated heterocycles. The van der Waals surface area contributed by atoms with Crippen LogP contribution in [-0.2, 0) is 20.7 Å². The molecule has 27 heavy (non-hydrogen) atoms. The number of nitrogens with one attached hydrogen (secondary N) is 1. The van der Waals surface area contributed by atoms with Crippen LogP contribution in [0.15, 0.2) is 60.7 Å². The number of rotatable bonds is 5. The topological polar surface area (TPSA) is 67.9 Å². The predicted molar refractivity (Wildman–Crippen MR) is 101 cm³/mol. The van der Waals surface area contributed by atoms with Gasteiger partial charge in [0.25, 0.3) is 0 Å². The molecule has 1 aliphatic heterocycles. The van der Waals surface area contributed by atoms with Crippen molar-refractivity contribution in [3.8, 4) is 0 Å². The minimum atomic E-state index is -0.733. The number of hydrogen-bond donors (Lipinski definition) is 1. The number of nitrogens with zero attached hydrogens (tertiary/aromatic N) is 1. The van der Waals surface area contributed by atoms with Gasteiger partial charge in [-0.15, -0.1) is 0 Å². The Morgan fingerprint density at radius 3 is 2.48 bits per heavy atom. The molecule has 3 rings (SSSR count). The molecule has 2 aromatic carbocycles. The van der Waals surface area contributed by atoms with Crippen LogP contribution in [0, 0.1) is 0 Å². The largest absolute Gasteiger partial charge is 0.467 e. The summed E-state index contributed by atoms with van der Waals surface area (Å²) < 4.78 is 10.7. The highest BCUT2D eigenvalue weighted by molar-refractivity contribution is 5.84. The van der Waals surface area contributed by atoms with Gasteiger partial charge in [0.15, 0.2) is 0 Å². The molecular formula is C21H24N2O4. The Morgan fingerprint density at radius 2 is 1.81 bits per heavy atom. The molecule has 0 spiro atoms. The zero-order valence-electron chi connectivity index (χ0n) is 15.3. The van der Waals surface area contributed by atoms with E-state index in [2.05, 4.69) is 5.32 Å². The molecule has 1 aliphatic rings. The van der Waals surface area contributed by atoms with Crippen molar-refractivity contribution in [1.29, 1.82) is 0 Å². The highest BCUT2D eigenvalue weighted by atomic mass is 16.5. The van der Waals surface area contributed by atoms with Gasteiger partial charge < -0.3 is 19.7 Å². The SMILES string of the molecule is COC(=O)[C@H](Cc1ccccc1)NC(=O)N1CCO[C@H](c2ccccc2)C1. The Bertz CT molecular complexity index is 751. The van der Waals surface area contributed by atoms with Gasteiger partial charge in [0.1, 0.15) is 12.1 Å². The van der Waals surface area contributed by atoms with E-state index in [4.69, 9.17) is 9.47 Å². The van der Waals surface area contributed by atoms with Gasteiger partial charge >= 0.3 is 12.0 Å². The van der Waals surface area contributed by atoms with Crippen molar-refractivity contribution in [2.75, 3.05) is 26.8 Å². The Balaban J connectivity index is 1.65. The third-order valence-corrected chi connectivity index (χ3v) is 4.59. The minimum absolute atomic E-state index is 0.170. The molecule has 0 radical (unpaired) electrons. The number of benzene rings is 2. The van der Waals surface area contributed by atoms with Crippen molar-refractivity contribution in [3.63, 3.8) is 0 Å². The van der Waals surface area contributed by atoms with Crippen LogP contribution in [0.5, 0.6) is 0 Å². The Morgan fingerprint density at radius 1 is 1.15 bits per heavy atom. The van der Waals surface area contributed by atoms with Crippen LogP contribution in [0.4, 0.5) is 4.79 Å². The monoisotopic (exact) mass is 368 g/mol. The zero-order chi connectivity index (χ0) is 19.1. The second kappa shape index (κ2) is 9.19. The quantitative estimate of drug-likeness (QED) is 0.824. The molecule has 1 N–H and O–H groups in total. The average molecular weight is 368 g/mol. The lowest BCUT2D eigenvalue weighted by Crippen LogP contribution is -2.52. The first-order valence-corrected chi connectivity index (χ1v) is 9.01. The Kier molecular flexibility index (Phi) is 6.44. The van der Waals surface area contributed by atoms with Crippen LogP contribution in [0.1, 0.15) is 17.2 Å². The number of carbonyl (C=O) groups excluding carboxylic acids is 2. The maximum absolute atomic E-state index is 12.7. The van der Waals surface area contributed by atoms with E-state index < -0.39 is 12.0 Å². The van der Waals surface area contributed by atoms with Crippen molar-refractivity contribution < 1.29 is 19.1 Å². The predicted octanol–water partition coefficient (Wildman–Crippen LogP) is 2.55. The summed E-state index contributed by atoms with van der Waals surface area (Å²) >= 11 is 0. The first-order valence-electron chi connectivity index (χ1n) is 9.01. The lowest BCUT2D eigenvalue weighted by Gasteiger charge is -2.34. The molecule has 2 atom stereocenters. The number of hydrogen-bond acceptors (Lipinski definition) is 4. The summed E-state index contributed by atoms with van der Waals surface area (Å²) in [5.41, 5.74) is 1.99. The minimum Gasteiger partial charge on any atom is -0.467 e. The molecule has 1 fully saturated rings. The Hall–Kier alpha value is -2.86. The average Bonchev–Trinajstić information content (AvgIpc) is 2.74. The molecule has 6 nitrogen and oxygen atoms in total. The molecule has 0 unspecified atom stereocenters. The van der Waals surface area contributed by atoms with Gasteiger partial charge in [0, 0.05) is 13.0 Å². The number of morpholine rings is 1. The van der Waals surface area contributed by atoms with E-state index >= 15 is 0 Å². The van der Waals surface area contributed by atoms with Gasteiger partial charge in [-0.1, -0.05) is 60.7 Å². The molecule has 2 aromatic rings. The zero-order valence-corrected chi connectivity index (χ0v) is 15.3. The van der Waals surface area contributed by atoms with Crippen LogP contribution in [0.2, 0.25) is 0 Å². The molecule has 1 heterocycles. The normalized spacial score (nSPS) is 17.8. The molecule has 0 aromatic heterocycles. The van der Waals surface area contributed by atoms with E-state index in [1.807, 2.05) is 60.7 Å². The maximum Gasteiger partial charge on any atom is 0.328 e. The number of amides is 2. The highest BCUT2D eigenvalue weighted by Gasteiger charge is 2.29. The number of ether oxygens (including phenoxy) is 2. The first-order chi connectivity index (χ1) is 13.2. The van der Waals surface area contributed by atoms with Crippen molar-refractivity contribution in [3.05, 3.63) is 71.8 Å². The fraction of sp³-hybridized carbons (Fsp3) is 0.333. The molecule has 142 valence electrons. The third kappa shape index (κ3) is 5.08. The van der Waals surface area contributed by atoms with Crippen LogP contribution >= 0.6 is 0 Å². The van der Waals surface area contributed by atoms with E-state index in [-0.39, 0.29) is 12.1 Å². The van der Waals surface area contributed by atoms with Gasteiger partial charge in [-0.3, -0.25) is 0 Å². The summed E-state index contributed by atoms with van der Waals surface area (Å²) in [7, 11) is 1.33. The van der Waals surface area contributed by atoms with Crippen molar-refractivity contribution in [1.82, 2.24) is 10.2 Å². The molecule has 0 bridgehead atoms. The summed E-state index contributed by atoms with van der Waals surface area (Å²) in [5.74, 6) is -0.458. The van der Waals surface area contributed by atoms with Crippen LogP contribution < -0.4 is 5.32 Å². The molecule has 0 aliphatic carbocycles. The summed E-state index contributed by atoms with van der Waals surface area (Å²) in [6.07, 6.45) is 0.211. The molecule has 0 saturated carbocycles. The van der Waals surface area contributed by atoms with Crippen molar-refractivity contribution in [2.24, 2.45) is 0 Å². The summed E-state index contributed by atoms with van der Waals surface area (Å²) in [5, 5.41) is 2.81. The van der Waals surface area contributed by atoms with E-state index in [9.17, 15) is 9.59 Å². The fourth-order valence-electron chi connectivity index (χ4n) is 3.13. The van der Waals surface area contributed by atoms with E-state index in [0.717, 1.165) is 11.1 Å². The fourth-order valence-corrected chi connectivity index (χ4v) is 3.13. The standard InChI is InChI=1S/C21H24N2O4/c1-26-20(24)18(14-16-8-4-2-5-9-16)22-21(25)23-12-13-27-19(15-23)17-10-6-3-7-11-17/h2-11,18-19H,12-15H2,1H3,(H,22,25)/t18-,19-/m0/s1. The Labute approximate surface area is 159 Å². The highest BCUT2D eigenvalue weighted by Crippen LogP contribution is 2.22. The number of esters is 1. The number of methoxy groups -OCH3 is 1. The summed E-state index contributed by atoms with van der Waals surface area (Å²) in [6.45, 7) is 1.37. The van der Waals surface area contributed by atoms with Gasteiger partial charge in [-0.2, -0.15) is 0 Å². The molecular weight excluding hydrogens is 344 g/mol. The first kappa shape index (κ1) is 18.9. The number of carbonyl (C=O) groups is 2. The lowest BCUT2D eigenvalue weighted by molar-refractivity contribution is -0.142. The summed E-state index contributed by atoms with van der Waals surface area (Å²) in [4.78, 5) is 26.6. The van der Waals surface area contributed by atoms with E-state index in [1.54, 1.807) is 4.90 Å². The van der Waals surface area contributed by atoms with Gasteiger partial charge in [0.05, 0.1) is 20.3 Å². The second-order valence-electron chi connectivity index (χ2n) is 6.43. The van der Waals surface area contributed by atoms with Gasteiger partial charge in [-0.25, -0.2) is 9.59 Å². The summed E-state index contributed by atoms with van der Waals surface area (Å²) in [6, 6.07) is 18.3. The van der Waals surface area contributed by atoms with Gasteiger partial charge in [0.2, 0.25) is 0 Å².